The lowest BCUT2D eigenvalue weighted by atomic mass is 9.98. The summed E-state index contributed by atoms with van der Waals surface area (Å²) in [5, 5.41) is 3.63. The van der Waals surface area contributed by atoms with E-state index >= 15 is 0 Å². The second kappa shape index (κ2) is 8.96. The number of likely N-dealkylation sites (N-methyl/N-ethyl adjacent to an activating group) is 1. The first kappa shape index (κ1) is 17.0. The number of hydrogen-bond donors (Lipinski definition) is 1. The Morgan fingerprint density at radius 3 is 2.55 bits per heavy atom. The van der Waals surface area contributed by atoms with Gasteiger partial charge in [0.05, 0.1) is 0 Å². The lowest BCUT2D eigenvalue weighted by Gasteiger charge is -2.32. The summed E-state index contributed by atoms with van der Waals surface area (Å²) in [5.41, 5.74) is 0.971. The van der Waals surface area contributed by atoms with Crippen molar-refractivity contribution in [3.05, 3.63) is 30.1 Å². The first-order valence-electron chi connectivity index (χ1n) is 7.86. The molecule has 2 unspecified atom stereocenters. The molecule has 0 saturated carbocycles. The first-order valence-corrected chi connectivity index (χ1v) is 7.86. The quantitative estimate of drug-likeness (QED) is 0.733. The Morgan fingerprint density at radius 2 is 2.00 bits per heavy atom. The fraction of sp³-hybridized carbons (Fsp3) is 0.647. The lowest BCUT2D eigenvalue weighted by Crippen LogP contribution is -2.45. The summed E-state index contributed by atoms with van der Waals surface area (Å²) in [5.74, 6) is 0.451. The van der Waals surface area contributed by atoms with E-state index in [1.165, 1.54) is 6.07 Å². The standard InChI is InChI=1S/C17H29FN2/c1-5-11-19-17(14(4)6-2)13-20(7-3)16-10-8-9-15(18)12-16/h8-10,12,14,17,19H,5-7,11,13H2,1-4H3. The topological polar surface area (TPSA) is 15.3 Å². The number of nitrogens with zero attached hydrogens (tertiary/aromatic N) is 1. The number of benzene rings is 1. The summed E-state index contributed by atoms with van der Waals surface area (Å²) in [6.07, 6.45) is 2.29. The Kier molecular flexibility index (Phi) is 7.60. The fourth-order valence-corrected chi connectivity index (χ4v) is 2.39. The molecule has 1 aromatic carbocycles. The summed E-state index contributed by atoms with van der Waals surface area (Å²) >= 11 is 0. The van der Waals surface area contributed by atoms with Gasteiger partial charge in [-0.05, 0) is 44.0 Å². The van der Waals surface area contributed by atoms with Crippen molar-refractivity contribution < 1.29 is 4.39 Å². The van der Waals surface area contributed by atoms with Crippen molar-refractivity contribution in [2.24, 2.45) is 5.92 Å². The van der Waals surface area contributed by atoms with Crippen LogP contribution < -0.4 is 10.2 Å². The fourth-order valence-electron chi connectivity index (χ4n) is 2.39. The Balaban J connectivity index is 2.77. The zero-order valence-corrected chi connectivity index (χ0v) is 13.3. The molecule has 0 saturated heterocycles. The second-order valence-electron chi connectivity index (χ2n) is 5.46. The third-order valence-electron chi connectivity index (χ3n) is 3.96. The molecule has 0 fully saturated rings. The van der Waals surface area contributed by atoms with Crippen LogP contribution in [0.15, 0.2) is 24.3 Å². The van der Waals surface area contributed by atoms with E-state index in [9.17, 15) is 4.39 Å². The number of halogens is 1. The Bertz CT molecular complexity index is 381. The van der Waals surface area contributed by atoms with Gasteiger partial charge in [-0.3, -0.25) is 0 Å². The predicted octanol–water partition coefficient (Wildman–Crippen LogP) is 4.07. The Hall–Kier alpha value is -1.09. The number of hydrogen-bond acceptors (Lipinski definition) is 2. The molecular weight excluding hydrogens is 251 g/mol. The maximum Gasteiger partial charge on any atom is 0.125 e. The molecular formula is C17H29FN2. The average molecular weight is 280 g/mol. The maximum atomic E-state index is 13.4. The van der Waals surface area contributed by atoms with Gasteiger partial charge in [-0.15, -0.1) is 0 Å². The first-order chi connectivity index (χ1) is 9.62. The molecule has 0 aliphatic carbocycles. The van der Waals surface area contributed by atoms with Crippen molar-refractivity contribution in [2.45, 2.75) is 46.6 Å². The van der Waals surface area contributed by atoms with Crippen LogP contribution >= 0.6 is 0 Å². The van der Waals surface area contributed by atoms with Gasteiger partial charge in [-0.2, -0.15) is 0 Å². The summed E-state index contributed by atoms with van der Waals surface area (Å²) in [7, 11) is 0. The molecule has 20 heavy (non-hydrogen) atoms. The van der Waals surface area contributed by atoms with Crippen LogP contribution in [0.25, 0.3) is 0 Å². The van der Waals surface area contributed by atoms with Gasteiger partial charge in [0.1, 0.15) is 5.82 Å². The third-order valence-corrected chi connectivity index (χ3v) is 3.96. The normalized spacial score (nSPS) is 14.1. The zero-order chi connectivity index (χ0) is 15.0. The summed E-state index contributed by atoms with van der Waals surface area (Å²) < 4.78 is 13.4. The Labute approximate surface area is 123 Å². The SMILES string of the molecule is CCCNC(CN(CC)c1cccc(F)c1)C(C)CC. The number of anilines is 1. The van der Waals surface area contributed by atoms with Crippen molar-refractivity contribution in [3.63, 3.8) is 0 Å². The molecule has 0 bridgehead atoms. The van der Waals surface area contributed by atoms with E-state index in [0.29, 0.717) is 12.0 Å². The van der Waals surface area contributed by atoms with Crippen molar-refractivity contribution in [2.75, 3.05) is 24.5 Å². The van der Waals surface area contributed by atoms with Crippen LogP contribution in [-0.4, -0.2) is 25.7 Å². The van der Waals surface area contributed by atoms with E-state index in [4.69, 9.17) is 0 Å². The van der Waals surface area contributed by atoms with E-state index in [2.05, 4.69) is 37.9 Å². The van der Waals surface area contributed by atoms with Crippen molar-refractivity contribution >= 4 is 5.69 Å². The molecule has 3 heteroatoms. The van der Waals surface area contributed by atoms with Crippen LogP contribution in [0.4, 0.5) is 10.1 Å². The smallest absolute Gasteiger partial charge is 0.125 e. The van der Waals surface area contributed by atoms with Crippen molar-refractivity contribution in [3.8, 4) is 0 Å². The molecule has 0 spiro atoms. The molecule has 1 rings (SSSR count). The molecule has 114 valence electrons. The maximum absolute atomic E-state index is 13.4. The minimum atomic E-state index is -0.164. The van der Waals surface area contributed by atoms with E-state index in [1.807, 2.05) is 6.07 Å². The lowest BCUT2D eigenvalue weighted by molar-refractivity contribution is 0.367. The molecule has 0 aliphatic rings. The number of rotatable bonds is 9. The summed E-state index contributed by atoms with van der Waals surface area (Å²) in [4.78, 5) is 2.25. The molecule has 0 radical (unpaired) electrons. The number of nitrogens with one attached hydrogen (secondary N) is 1. The molecule has 0 heterocycles. The minimum absolute atomic E-state index is 0.164. The minimum Gasteiger partial charge on any atom is -0.370 e. The monoisotopic (exact) mass is 280 g/mol. The van der Waals surface area contributed by atoms with Crippen molar-refractivity contribution in [1.82, 2.24) is 5.32 Å². The van der Waals surface area contributed by atoms with Crippen LogP contribution in [-0.2, 0) is 0 Å². The Morgan fingerprint density at radius 1 is 1.25 bits per heavy atom. The van der Waals surface area contributed by atoms with Crippen LogP contribution in [0.1, 0.15) is 40.5 Å². The second-order valence-corrected chi connectivity index (χ2v) is 5.46. The molecule has 2 atom stereocenters. The van der Waals surface area contributed by atoms with Crippen molar-refractivity contribution in [1.29, 1.82) is 0 Å². The summed E-state index contributed by atoms with van der Waals surface area (Å²) in [6, 6.07) is 7.34. The molecule has 1 aromatic rings. The highest BCUT2D eigenvalue weighted by molar-refractivity contribution is 5.46. The van der Waals surface area contributed by atoms with E-state index in [-0.39, 0.29) is 5.82 Å². The van der Waals surface area contributed by atoms with Crippen LogP contribution in [0.2, 0.25) is 0 Å². The third kappa shape index (κ3) is 5.12. The van der Waals surface area contributed by atoms with Gasteiger partial charge in [0, 0.05) is 24.8 Å². The molecule has 2 nitrogen and oxygen atoms in total. The van der Waals surface area contributed by atoms with Gasteiger partial charge in [-0.25, -0.2) is 4.39 Å². The zero-order valence-electron chi connectivity index (χ0n) is 13.3. The van der Waals surface area contributed by atoms with Gasteiger partial charge in [0.25, 0.3) is 0 Å². The van der Waals surface area contributed by atoms with Gasteiger partial charge < -0.3 is 10.2 Å². The van der Waals surface area contributed by atoms with E-state index in [0.717, 1.165) is 38.2 Å². The predicted molar refractivity (Wildman–Crippen MR) is 85.8 cm³/mol. The largest absolute Gasteiger partial charge is 0.370 e. The van der Waals surface area contributed by atoms with E-state index < -0.39 is 0 Å². The highest BCUT2D eigenvalue weighted by atomic mass is 19.1. The van der Waals surface area contributed by atoms with Gasteiger partial charge >= 0.3 is 0 Å². The summed E-state index contributed by atoms with van der Waals surface area (Å²) in [6.45, 7) is 11.7. The highest BCUT2D eigenvalue weighted by Gasteiger charge is 2.18. The van der Waals surface area contributed by atoms with Gasteiger partial charge in [0.2, 0.25) is 0 Å². The van der Waals surface area contributed by atoms with Gasteiger partial charge in [-0.1, -0.05) is 33.3 Å². The van der Waals surface area contributed by atoms with E-state index in [1.54, 1.807) is 12.1 Å². The molecule has 0 aliphatic heterocycles. The van der Waals surface area contributed by atoms with Gasteiger partial charge in [0.15, 0.2) is 0 Å². The van der Waals surface area contributed by atoms with Crippen LogP contribution in [0.3, 0.4) is 0 Å². The highest BCUT2D eigenvalue weighted by Crippen LogP contribution is 2.18. The average Bonchev–Trinajstić information content (AvgIpc) is 2.46. The molecule has 0 aromatic heterocycles. The van der Waals surface area contributed by atoms with Crippen LogP contribution in [0, 0.1) is 11.7 Å². The molecule has 1 N–H and O–H groups in total. The molecule has 0 amide bonds. The van der Waals surface area contributed by atoms with Crippen LogP contribution in [0.5, 0.6) is 0 Å².